The third-order valence-electron chi connectivity index (χ3n) is 11.4. The first-order chi connectivity index (χ1) is 28.7. The lowest BCUT2D eigenvalue weighted by atomic mass is 9.98. The van der Waals surface area contributed by atoms with Crippen LogP contribution >= 0.6 is 0 Å². The minimum absolute atomic E-state index is 0.614. The van der Waals surface area contributed by atoms with E-state index in [4.69, 9.17) is 9.97 Å². The highest BCUT2D eigenvalue weighted by atomic mass is 15.0. The maximum Gasteiger partial charge on any atom is 0.160 e. The number of nitrogens with zero attached hydrogens (tertiary/aromatic N) is 5. The summed E-state index contributed by atoms with van der Waals surface area (Å²) < 4.78 is 4.80. The molecular formula is C53H35N5. The fourth-order valence-corrected chi connectivity index (χ4v) is 8.73. The molecule has 0 atom stereocenters. The van der Waals surface area contributed by atoms with E-state index in [9.17, 15) is 5.26 Å². The van der Waals surface area contributed by atoms with E-state index >= 15 is 0 Å². The van der Waals surface area contributed by atoms with E-state index in [0.29, 0.717) is 11.4 Å². The second-order valence-corrected chi connectivity index (χ2v) is 14.9. The molecule has 0 unspecified atom stereocenters. The molecule has 0 aliphatic heterocycles. The molecule has 11 rings (SSSR count). The van der Waals surface area contributed by atoms with Gasteiger partial charge in [-0.2, -0.15) is 5.26 Å². The first-order valence-electron chi connectivity index (χ1n) is 19.7. The highest BCUT2D eigenvalue weighted by Crippen LogP contribution is 2.40. The molecule has 0 bridgehead atoms. The predicted molar refractivity (Wildman–Crippen MR) is 237 cm³/mol. The molecular weight excluding hydrogens is 707 g/mol. The molecule has 0 amide bonds. The Hall–Kier alpha value is -7.81. The van der Waals surface area contributed by atoms with Crippen LogP contribution in [0.25, 0.3) is 95.2 Å². The fraction of sp³-hybridized carbons (Fsp3) is 0.0377. The molecule has 3 heterocycles. The Labute approximate surface area is 336 Å². The van der Waals surface area contributed by atoms with Gasteiger partial charge in [0.2, 0.25) is 0 Å². The third kappa shape index (κ3) is 5.62. The molecule has 0 saturated carbocycles. The van der Waals surface area contributed by atoms with Crippen molar-refractivity contribution in [3.63, 3.8) is 0 Å². The van der Waals surface area contributed by atoms with Gasteiger partial charge in [-0.25, -0.2) is 9.97 Å². The van der Waals surface area contributed by atoms with Crippen molar-refractivity contribution in [3.8, 4) is 62.5 Å². The van der Waals surface area contributed by atoms with E-state index < -0.39 is 0 Å². The molecule has 5 heteroatoms. The molecule has 1 aliphatic rings. The van der Waals surface area contributed by atoms with Gasteiger partial charge in [0, 0.05) is 49.9 Å². The Balaban J connectivity index is 1.16. The number of fused-ring (bicyclic) bond motifs is 6. The number of hydrogen-bond acceptors (Lipinski definition) is 3. The van der Waals surface area contributed by atoms with Crippen LogP contribution in [-0.4, -0.2) is 19.1 Å². The van der Waals surface area contributed by atoms with Gasteiger partial charge in [0.05, 0.1) is 39.6 Å². The summed E-state index contributed by atoms with van der Waals surface area (Å²) in [5, 5.41) is 13.6. The molecule has 0 N–H and O–H groups in total. The molecule has 58 heavy (non-hydrogen) atoms. The van der Waals surface area contributed by atoms with E-state index in [1.807, 2.05) is 54.6 Å². The molecule has 0 fully saturated rings. The number of hydrogen-bond donors (Lipinski definition) is 0. The Bertz CT molecular complexity index is 3230. The van der Waals surface area contributed by atoms with E-state index in [-0.39, 0.29) is 0 Å². The molecule has 10 aromatic rings. The lowest BCUT2D eigenvalue weighted by Crippen LogP contribution is -2.01. The summed E-state index contributed by atoms with van der Waals surface area (Å²) in [5.74, 6) is 0.661. The van der Waals surface area contributed by atoms with Gasteiger partial charge in [-0.3, -0.25) is 0 Å². The maximum absolute atomic E-state index is 9.90. The maximum atomic E-state index is 9.90. The Morgan fingerprint density at radius 2 is 1.12 bits per heavy atom. The van der Waals surface area contributed by atoms with Crippen LogP contribution in [0, 0.1) is 11.3 Å². The number of benzene rings is 7. The van der Waals surface area contributed by atoms with Crippen LogP contribution in [0.5, 0.6) is 0 Å². The topological polar surface area (TPSA) is 59.4 Å². The highest BCUT2D eigenvalue weighted by Gasteiger charge is 2.21. The van der Waals surface area contributed by atoms with Crippen LogP contribution in [0.15, 0.2) is 182 Å². The molecule has 1 aliphatic carbocycles. The monoisotopic (exact) mass is 741 g/mol. The molecule has 0 spiro atoms. The summed E-state index contributed by atoms with van der Waals surface area (Å²) in [7, 11) is 0. The molecule has 0 radical (unpaired) electrons. The predicted octanol–water partition coefficient (Wildman–Crippen LogP) is 13.0. The quantitative estimate of drug-likeness (QED) is 0.170. The summed E-state index contributed by atoms with van der Waals surface area (Å²) >= 11 is 0. The fourth-order valence-electron chi connectivity index (χ4n) is 8.73. The van der Waals surface area contributed by atoms with Crippen molar-refractivity contribution < 1.29 is 0 Å². The second kappa shape index (κ2) is 13.7. The molecule has 3 aromatic heterocycles. The normalized spacial score (nSPS) is 12.3. The third-order valence-corrected chi connectivity index (χ3v) is 11.4. The van der Waals surface area contributed by atoms with E-state index in [2.05, 4.69) is 149 Å². The van der Waals surface area contributed by atoms with Crippen molar-refractivity contribution in [2.45, 2.75) is 12.8 Å². The second-order valence-electron chi connectivity index (χ2n) is 14.9. The van der Waals surface area contributed by atoms with Gasteiger partial charge >= 0.3 is 0 Å². The van der Waals surface area contributed by atoms with Crippen LogP contribution in [0.4, 0.5) is 0 Å². The smallest absolute Gasteiger partial charge is 0.160 e. The molecule has 0 saturated heterocycles. The van der Waals surface area contributed by atoms with Crippen LogP contribution in [0.2, 0.25) is 0 Å². The van der Waals surface area contributed by atoms with Gasteiger partial charge < -0.3 is 9.13 Å². The zero-order valence-electron chi connectivity index (χ0n) is 31.5. The van der Waals surface area contributed by atoms with Crippen molar-refractivity contribution in [2.75, 3.05) is 0 Å². The largest absolute Gasteiger partial charge is 0.310 e. The zero-order valence-corrected chi connectivity index (χ0v) is 31.5. The molecule has 7 aromatic carbocycles. The number of aryl methyl sites for hydroxylation is 1. The van der Waals surface area contributed by atoms with Gasteiger partial charge in [-0.1, -0.05) is 115 Å². The highest BCUT2D eigenvalue weighted by molar-refractivity contribution is 6.10. The number of para-hydroxylation sites is 2. The van der Waals surface area contributed by atoms with Gasteiger partial charge in [0.25, 0.3) is 0 Å². The number of rotatable bonds is 6. The van der Waals surface area contributed by atoms with Crippen molar-refractivity contribution in [1.82, 2.24) is 19.1 Å². The van der Waals surface area contributed by atoms with Crippen molar-refractivity contribution in [3.05, 3.63) is 199 Å². The summed E-state index contributed by atoms with van der Waals surface area (Å²) in [4.78, 5) is 10.3. The Morgan fingerprint density at radius 3 is 1.91 bits per heavy atom. The SMILES string of the molecule is N#Cc1cccc(-c2cc(-c3cc(-c4ccccc4)nc(-c4ccccc4)n3)cc(-n3c4ccccc4c4cc(-n5c6c(c7ccccc75)CCC=C6)ccc43)c2)c1. The van der Waals surface area contributed by atoms with E-state index in [0.717, 1.165) is 74.5 Å². The first-order valence-corrected chi connectivity index (χ1v) is 19.7. The van der Waals surface area contributed by atoms with Crippen LogP contribution < -0.4 is 0 Å². The average Bonchev–Trinajstić information content (AvgIpc) is 3.82. The summed E-state index contributed by atoms with van der Waals surface area (Å²) in [5.41, 5.74) is 15.4. The Morgan fingerprint density at radius 1 is 0.466 bits per heavy atom. The number of nitriles is 1. The lowest BCUT2D eigenvalue weighted by molar-refractivity contribution is 0.968. The zero-order chi connectivity index (χ0) is 38.6. The van der Waals surface area contributed by atoms with Crippen LogP contribution in [0.1, 0.15) is 23.2 Å². The average molecular weight is 742 g/mol. The van der Waals surface area contributed by atoms with Crippen LogP contribution in [-0.2, 0) is 6.42 Å². The molecule has 5 nitrogen and oxygen atoms in total. The van der Waals surface area contributed by atoms with E-state index in [1.54, 1.807) is 0 Å². The van der Waals surface area contributed by atoms with Gasteiger partial charge in [-0.05, 0) is 102 Å². The summed E-state index contributed by atoms with van der Waals surface area (Å²) in [6.45, 7) is 0. The van der Waals surface area contributed by atoms with Gasteiger partial charge in [0.1, 0.15) is 0 Å². The standard InChI is InChI=1S/C53H35N5/c54-34-35-14-13-19-38(28-35)39-29-40(48-33-47(36-15-3-1-4-16-36)55-53(56-48)37-17-5-2-6-18-37)31-42(30-39)58-51-25-12-9-22-45(51)46-32-41(26-27-52(46)58)57-49-23-10-7-20-43(49)44-21-8-11-24-50(44)57/h1-7,9-20,22-33H,8,21H2. The summed E-state index contributed by atoms with van der Waals surface area (Å²) in [6, 6.07) is 63.7. The Kier molecular flexibility index (Phi) is 7.94. The first kappa shape index (κ1) is 33.5. The van der Waals surface area contributed by atoms with Gasteiger partial charge in [-0.15, -0.1) is 0 Å². The number of allylic oxidation sites excluding steroid dienone is 1. The van der Waals surface area contributed by atoms with Gasteiger partial charge in [0.15, 0.2) is 5.82 Å². The van der Waals surface area contributed by atoms with E-state index in [1.165, 1.54) is 32.9 Å². The minimum Gasteiger partial charge on any atom is -0.310 e. The minimum atomic E-state index is 0.614. The summed E-state index contributed by atoms with van der Waals surface area (Å²) in [6.07, 6.45) is 6.69. The van der Waals surface area contributed by atoms with Crippen molar-refractivity contribution >= 4 is 38.8 Å². The molecule has 272 valence electrons. The van der Waals surface area contributed by atoms with Crippen LogP contribution in [0.3, 0.4) is 0 Å². The van der Waals surface area contributed by atoms with Crippen molar-refractivity contribution in [2.24, 2.45) is 0 Å². The number of aromatic nitrogens is 4. The van der Waals surface area contributed by atoms with Crippen molar-refractivity contribution in [1.29, 1.82) is 5.26 Å². The lowest BCUT2D eigenvalue weighted by Gasteiger charge is -2.15.